The summed E-state index contributed by atoms with van der Waals surface area (Å²) in [5, 5.41) is 0. The van der Waals surface area contributed by atoms with Crippen molar-refractivity contribution in [3.05, 3.63) is 35.2 Å². The molecular weight excluding hydrogens is 253 g/mol. The second-order valence-electron chi connectivity index (χ2n) is 5.53. The normalized spacial score (nSPS) is 15.9. The third kappa shape index (κ3) is 2.77. The van der Waals surface area contributed by atoms with Crippen LogP contribution in [-0.2, 0) is 11.2 Å². The van der Waals surface area contributed by atoms with Gasteiger partial charge in [0.05, 0.1) is 0 Å². The smallest absolute Gasteiger partial charge is 0.178 e. The van der Waals surface area contributed by atoms with Crippen LogP contribution < -0.4 is 4.90 Å². The number of aldehydes is 1. The maximum absolute atomic E-state index is 13.6. The molecule has 20 heavy (non-hydrogen) atoms. The number of rotatable bonds is 4. The molecule has 1 aromatic rings. The summed E-state index contributed by atoms with van der Waals surface area (Å²) in [6.45, 7) is 7.32. The predicted molar refractivity (Wildman–Crippen MR) is 81.6 cm³/mol. The summed E-state index contributed by atoms with van der Waals surface area (Å²) in [4.78, 5) is 13.1. The van der Waals surface area contributed by atoms with Crippen molar-refractivity contribution in [2.45, 2.75) is 46.1 Å². The van der Waals surface area contributed by atoms with Crippen LogP contribution in [0.2, 0.25) is 0 Å². The average molecular weight is 275 g/mol. The van der Waals surface area contributed by atoms with E-state index < -0.39 is 5.83 Å². The zero-order chi connectivity index (χ0) is 14.7. The van der Waals surface area contributed by atoms with Crippen molar-refractivity contribution in [1.82, 2.24) is 0 Å². The first-order chi connectivity index (χ1) is 9.58. The summed E-state index contributed by atoms with van der Waals surface area (Å²) in [5.41, 5.74) is 3.84. The molecular formula is C17H22FNO. The first-order valence-corrected chi connectivity index (χ1v) is 7.32. The standard InChI is InChI=1S/C17H22FNO/c1-4-15(16(18)11-20)13-7-8-17-14(10-13)6-5-9-19(17)12(2)3/h7-8,10-12H,4-6,9H2,1-3H3/b16-15+. The van der Waals surface area contributed by atoms with Crippen molar-refractivity contribution in [2.75, 3.05) is 11.4 Å². The largest absolute Gasteiger partial charge is 0.369 e. The Morgan fingerprint density at radius 2 is 2.20 bits per heavy atom. The molecule has 0 atom stereocenters. The molecule has 0 saturated carbocycles. The molecule has 0 amide bonds. The van der Waals surface area contributed by atoms with Crippen LogP contribution in [0.5, 0.6) is 0 Å². The molecule has 1 aromatic carbocycles. The zero-order valence-electron chi connectivity index (χ0n) is 12.4. The Hall–Kier alpha value is -1.64. The van der Waals surface area contributed by atoms with Gasteiger partial charge in [-0.3, -0.25) is 4.79 Å². The van der Waals surface area contributed by atoms with Crippen LogP contribution in [0.4, 0.5) is 10.1 Å². The van der Waals surface area contributed by atoms with Gasteiger partial charge in [-0.2, -0.15) is 0 Å². The van der Waals surface area contributed by atoms with Gasteiger partial charge >= 0.3 is 0 Å². The predicted octanol–water partition coefficient (Wildman–Crippen LogP) is 4.14. The molecule has 0 bridgehead atoms. The van der Waals surface area contributed by atoms with Crippen LogP contribution in [0.3, 0.4) is 0 Å². The van der Waals surface area contributed by atoms with Gasteiger partial charge in [0.25, 0.3) is 0 Å². The molecule has 1 aliphatic heterocycles. The van der Waals surface area contributed by atoms with E-state index in [-0.39, 0.29) is 0 Å². The van der Waals surface area contributed by atoms with Crippen molar-refractivity contribution in [3.63, 3.8) is 0 Å². The summed E-state index contributed by atoms with van der Waals surface area (Å²) in [6.07, 6.45) is 2.97. The van der Waals surface area contributed by atoms with E-state index in [1.807, 2.05) is 19.1 Å². The Balaban J connectivity index is 2.44. The Morgan fingerprint density at radius 3 is 2.80 bits per heavy atom. The highest BCUT2D eigenvalue weighted by Crippen LogP contribution is 2.32. The lowest BCUT2D eigenvalue weighted by Crippen LogP contribution is -2.35. The summed E-state index contributed by atoms with van der Waals surface area (Å²) in [5.74, 6) is -0.649. The summed E-state index contributed by atoms with van der Waals surface area (Å²) in [7, 11) is 0. The fraction of sp³-hybridized carbons (Fsp3) is 0.471. The Morgan fingerprint density at radius 1 is 1.45 bits per heavy atom. The minimum Gasteiger partial charge on any atom is -0.369 e. The van der Waals surface area contributed by atoms with E-state index in [1.54, 1.807) is 0 Å². The molecule has 0 unspecified atom stereocenters. The molecule has 0 spiro atoms. The number of halogens is 1. The second kappa shape index (κ2) is 6.21. The third-order valence-corrected chi connectivity index (χ3v) is 3.95. The van der Waals surface area contributed by atoms with Gasteiger partial charge in [-0.1, -0.05) is 13.0 Å². The molecule has 1 heterocycles. The lowest BCUT2D eigenvalue weighted by molar-refractivity contribution is -0.106. The molecule has 3 heteroatoms. The van der Waals surface area contributed by atoms with Gasteiger partial charge in [-0.25, -0.2) is 4.39 Å². The van der Waals surface area contributed by atoms with Crippen LogP contribution in [0.15, 0.2) is 24.0 Å². The Labute approximate surface area is 120 Å². The van der Waals surface area contributed by atoms with Crippen LogP contribution in [0.1, 0.15) is 44.7 Å². The van der Waals surface area contributed by atoms with Gasteiger partial charge in [0.2, 0.25) is 0 Å². The van der Waals surface area contributed by atoms with Gasteiger partial charge in [0, 0.05) is 18.3 Å². The van der Waals surface area contributed by atoms with Gasteiger partial charge in [0.1, 0.15) is 0 Å². The molecule has 1 aliphatic rings. The minimum atomic E-state index is -0.649. The molecule has 2 rings (SSSR count). The zero-order valence-corrected chi connectivity index (χ0v) is 12.4. The Bertz CT molecular complexity index is 534. The third-order valence-electron chi connectivity index (χ3n) is 3.95. The number of nitrogens with zero attached hydrogens (tertiary/aromatic N) is 1. The average Bonchev–Trinajstić information content (AvgIpc) is 2.46. The number of allylic oxidation sites excluding steroid dienone is 2. The first-order valence-electron chi connectivity index (χ1n) is 7.32. The van der Waals surface area contributed by atoms with Crippen LogP contribution in [0, 0.1) is 0 Å². The van der Waals surface area contributed by atoms with Crippen molar-refractivity contribution in [2.24, 2.45) is 0 Å². The number of aryl methyl sites for hydroxylation is 1. The number of hydrogen-bond acceptors (Lipinski definition) is 2. The lowest BCUT2D eigenvalue weighted by atomic mass is 9.94. The van der Waals surface area contributed by atoms with Crippen LogP contribution in [-0.4, -0.2) is 18.9 Å². The second-order valence-corrected chi connectivity index (χ2v) is 5.53. The highest BCUT2D eigenvalue weighted by atomic mass is 19.1. The maximum Gasteiger partial charge on any atom is 0.178 e. The Kier molecular flexibility index (Phi) is 4.58. The van der Waals surface area contributed by atoms with Crippen molar-refractivity contribution >= 4 is 17.5 Å². The van der Waals surface area contributed by atoms with E-state index in [0.29, 0.717) is 24.3 Å². The first kappa shape index (κ1) is 14.8. The number of fused-ring (bicyclic) bond motifs is 1. The van der Waals surface area contributed by atoms with E-state index in [2.05, 4.69) is 24.8 Å². The molecule has 0 saturated heterocycles. The quantitative estimate of drug-likeness (QED) is 0.608. The number of hydrogen-bond donors (Lipinski definition) is 0. The van der Waals surface area contributed by atoms with E-state index in [4.69, 9.17) is 0 Å². The van der Waals surface area contributed by atoms with Crippen molar-refractivity contribution in [3.8, 4) is 0 Å². The fourth-order valence-electron chi connectivity index (χ4n) is 2.93. The van der Waals surface area contributed by atoms with Gasteiger partial charge in [-0.15, -0.1) is 0 Å². The number of benzene rings is 1. The van der Waals surface area contributed by atoms with Gasteiger partial charge in [-0.05, 0) is 61.9 Å². The topological polar surface area (TPSA) is 20.3 Å². The van der Waals surface area contributed by atoms with Gasteiger partial charge < -0.3 is 4.90 Å². The number of carbonyl (C=O) groups excluding carboxylic acids is 1. The maximum atomic E-state index is 13.6. The van der Waals surface area contributed by atoms with E-state index in [1.165, 1.54) is 11.3 Å². The summed E-state index contributed by atoms with van der Waals surface area (Å²) in [6, 6.07) is 6.51. The lowest BCUT2D eigenvalue weighted by Gasteiger charge is -2.35. The van der Waals surface area contributed by atoms with Crippen molar-refractivity contribution < 1.29 is 9.18 Å². The monoisotopic (exact) mass is 275 g/mol. The molecule has 0 fully saturated rings. The highest BCUT2D eigenvalue weighted by molar-refractivity contribution is 5.86. The molecule has 0 N–H and O–H groups in total. The minimum absolute atomic E-state index is 0.304. The fourth-order valence-corrected chi connectivity index (χ4v) is 2.93. The summed E-state index contributed by atoms with van der Waals surface area (Å²) >= 11 is 0. The molecule has 2 nitrogen and oxygen atoms in total. The molecule has 0 aromatic heterocycles. The van der Waals surface area contributed by atoms with Gasteiger partial charge in [0.15, 0.2) is 12.1 Å². The summed E-state index contributed by atoms with van der Waals surface area (Å²) < 4.78 is 13.6. The van der Waals surface area contributed by atoms with E-state index in [9.17, 15) is 9.18 Å². The number of anilines is 1. The van der Waals surface area contributed by atoms with Crippen molar-refractivity contribution in [1.29, 1.82) is 0 Å². The van der Waals surface area contributed by atoms with E-state index >= 15 is 0 Å². The molecule has 0 aliphatic carbocycles. The SMILES string of the molecule is CC/C(=C(\F)C=O)c1ccc2c(c1)CCCN2C(C)C. The highest BCUT2D eigenvalue weighted by Gasteiger charge is 2.20. The molecule has 108 valence electrons. The van der Waals surface area contributed by atoms with E-state index in [0.717, 1.165) is 24.9 Å². The molecule has 0 radical (unpaired) electrons. The van der Waals surface area contributed by atoms with Crippen LogP contribution >= 0.6 is 0 Å². The van der Waals surface area contributed by atoms with Crippen LogP contribution in [0.25, 0.3) is 5.57 Å². The number of carbonyl (C=O) groups is 1.